The minimum absolute atomic E-state index is 0. The van der Waals surface area contributed by atoms with E-state index in [1.807, 2.05) is 39.7 Å². The molecule has 0 aliphatic carbocycles. The molecular formula is C24H36B2O4. The zero-order valence-corrected chi connectivity index (χ0v) is 18.4. The van der Waals surface area contributed by atoms with Gasteiger partial charge in [0.05, 0.1) is 48.5 Å². The van der Waals surface area contributed by atoms with Gasteiger partial charge in [-0.15, -0.1) is 0 Å². The number of fused-ring (bicyclic) bond motifs is 2. The van der Waals surface area contributed by atoms with Crippen molar-refractivity contribution in [2.24, 2.45) is 0 Å². The Labute approximate surface area is 184 Å². The van der Waals surface area contributed by atoms with E-state index in [0.717, 1.165) is 25.4 Å². The highest BCUT2D eigenvalue weighted by atomic mass is 16.5. The van der Waals surface area contributed by atoms with Crippen molar-refractivity contribution in [1.82, 2.24) is 0 Å². The van der Waals surface area contributed by atoms with Crippen LogP contribution in [0.2, 0.25) is 0 Å². The molecule has 0 spiro atoms. The average Bonchev–Trinajstić information content (AvgIpc) is 3.41. The summed E-state index contributed by atoms with van der Waals surface area (Å²) in [5, 5.41) is 9.06. The fourth-order valence-electron chi connectivity index (χ4n) is 3.48. The molecule has 1 N–H and O–H groups in total. The quantitative estimate of drug-likeness (QED) is 0.735. The Bertz CT molecular complexity index is 761. The molecule has 0 radical (unpaired) electrons. The van der Waals surface area contributed by atoms with E-state index in [1.54, 1.807) is 0 Å². The maximum Gasteiger partial charge on any atom is 0.0727 e. The van der Waals surface area contributed by atoms with Gasteiger partial charge in [-0.1, -0.05) is 55.1 Å². The van der Waals surface area contributed by atoms with Gasteiger partial charge in [0.1, 0.15) is 0 Å². The van der Waals surface area contributed by atoms with Gasteiger partial charge in [-0.2, -0.15) is 0 Å². The van der Waals surface area contributed by atoms with Crippen molar-refractivity contribution in [2.75, 3.05) is 33.0 Å². The number of rotatable bonds is 1. The summed E-state index contributed by atoms with van der Waals surface area (Å²) in [6.45, 7) is 8.85. The standard InChI is InChI=1S/C10H12O2.C10H10O.C4H8O.B2H4.H2/c11-5-9-7-12-6-8-3-1-2-4-10(8)9;1-8-6-11-7-9-4-2-3-5-10(8)9;1-2-4-5-3-1;1-2;/h1-4,9,11H,5-7H2;2-5H,1,6-7H2;1-4H2;1-2H2;1H. The molecule has 0 bridgehead atoms. The van der Waals surface area contributed by atoms with Crippen LogP contribution in [-0.2, 0) is 27.4 Å². The molecule has 5 rings (SSSR count). The lowest BCUT2D eigenvalue weighted by atomic mass is 9.81. The molecule has 1 saturated heterocycles. The summed E-state index contributed by atoms with van der Waals surface area (Å²) in [5.74, 6) is 0.176. The van der Waals surface area contributed by atoms with E-state index in [1.165, 1.54) is 35.1 Å². The lowest BCUT2D eigenvalue weighted by molar-refractivity contribution is 0.0722. The van der Waals surface area contributed by atoms with Crippen molar-refractivity contribution in [3.05, 3.63) is 77.4 Å². The van der Waals surface area contributed by atoms with Gasteiger partial charge in [-0.3, -0.25) is 0 Å². The highest BCUT2D eigenvalue weighted by Gasteiger charge is 2.18. The molecule has 2 aromatic carbocycles. The molecule has 2 aromatic rings. The third-order valence-corrected chi connectivity index (χ3v) is 5.05. The summed E-state index contributed by atoms with van der Waals surface area (Å²) in [6.07, 6.45) is 2.56. The maximum absolute atomic E-state index is 9.06. The van der Waals surface area contributed by atoms with E-state index in [2.05, 4.69) is 30.8 Å². The lowest BCUT2D eigenvalue weighted by Crippen LogP contribution is -2.19. The summed E-state index contributed by atoms with van der Waals surface area (Å²) < 4.78 is 15.6. The minimum Gasteiger partial charge on any atom is -0.396 e. The van der Waals surface area contributed by atoms with Gasteiger partial charge < -0.3 is 19.3 Å². The maximum atomic E-state index is 9.06. The van der Waals surface area contributed by atoms with Crippen LogP contribution in [0.15, 0.2) is 55.1 Å². The topological polar surface area (TPSA) is 47.9 Å². The van der Waals surface area contributed by atoms with Gasteiger partial charge in [0.15, 0.2) is 0 Å². The molecule has 3 heterocycles. The summed E-state index contributed by atoms with van der Waals surface area (Å²) in [5.41, 5.74) is 6.06. The SMILES string of the molecule is BB.C1CCOC1.C=C1COCc2ccccc21.OCC1COCc2ccccc21.[HH]. The van der Waals surface area contributed by atoms with Gasteiger partial charge in [0.2, 0.25) is 0 Å². The van der Waals surface area contributed by atoms with E-state index in [-0.39, 0.29) is 14.0 Å². The van der Waals surface area contributed by atoms with E-state index in [9.17, 15) is 0 Å². The number of benzene rings is 2. The second-order valence-corrected chi connectivity index (χ2v) is 7.17. The van der Waals surface area contributed by atoms with Gasteiger partial charge in [0.25, 0.3) is 0 Å². The molecule has 162 valence electrons. The Kier molecular flexibility index (Phi) is 11.6. The first-order chi connectivity index (χ1) is 14.8. The largest absolute Gasteiger partial charge is 0.396 e. The molecule has 3 aliphatic rings. The normalized spacial score (nSPS) is 18.8. The summed E-state index contributed by atoms with van der Waals surface area (Å²) in [4.78, 5) is 0. The molecule has 1 atom stereocenters. The Morgan fingerprint density at radius 3 is 2.13 bits per heavy atom. The van der Waals surface area contributed by atoms with Crippen LogP contribution in [0, 0.1) is 0 Å². The molecule has 6 heteroatoms. The summed E-state index contributed by atoms with van der Waals surface area (Å²) in [7, 11) is 4.00. The molecule has 0 saturated carbocycles. The fraction of sp³-hybridized carbons (Fsp3) is 0.417. The first-order valence-corrected chi connectivity index (χ1v) is 11.0. The second-order valence-electron chi connectivity index (χ2n) is 7.17. The molecule has 4 nitrogen and oxygen atoms in total. The van der Waals surface area contributed by atoms with E-state index in [4.69, 9.17) is 19.3 Å². The predicted octanol–water partition coefficient (Wildman–Crippen LogP) is 2.73. The minimum atomic E-state index is 0. The van der Waals surface area contributed by atoms with Gasteiger partial charge in [-0.05, 0) is 40.7 Å². The van der Waals surface area contributed by atoms with E-state index < -0.39 is 0 Å². The second kappa shape index (κ2) is 14.2. The molecule has 0 aromatic heterocycles. The fourth-order valence-corrected chi connectivity index (χ4v) is 3.48. The first-order valence-electron chi connectivity index (χ1n) is 11.0. The van der Waals surface area contributed by atoms with Crippen LogP contribution in [0.3, 0.4) is 0 Å². The molecular weight excluding hydrogens is 374 g/mol. The number of aliphatic hydroxyl groups excluding tert-OH is 1. The van der Waals surface area contributed by atoms with Crippen LogP contribution < -0.4 is 0 Å². The van der Waals surface area contributed by atoms with E-state index in [0.29, 0.717) is 19.8 Å². The van der Waals surface area contributed by atoms with Crippen LogP contribution in [0.25, 0.3) is 5.57 Å². The van der Waals surface area contributed by atoms with Crippen LogP contribution in [0.5, 0.6) is 0 Å². The van der Waals surface area contributed by atoms with Crippen LogP contribution in [0.1, 0.15) is 42.4 Å². The number of ether oxygens (including phenoxy) is 3. The summed E-state index contributed by atoms with van der Waals surface area (Å²) in [6, 6.07) is 16.4. The Hall–Kier alpha value is -1.85. The highest BCUT2D eigenvalue weighted by Crippen LogP contribution is 2.25. The summed E-state index contributed by atoms with van der Waals surface area (Å²) >= 11 is 0. The van der Waals surface area contributed by atoms with Gasteiger partial charge >= 0.3 is 0 Å². The Morgan fingerprint density at radius 1 is 0.867 bits per heavy atom. The number of hydrogen-bond acceptors (Lipinski definition) is 4. The van der Waals surface area contributed by atoms with Crippen LogP contribution in [0.4, 0.5) is 0 Å². The van der Waals surface area contributed by atoms with Crippen molar-refractivity contribution >= 4 is 21.0 Å². The van der Waals surface area contributed by atoms with Crippen molar-refractivity contribution in [3.63, 3.8) is 0 Å². The third-order valence-electron chi connectivity index (χ3n) is 5.05. The first kappa shape index (κ1) is 24.4. The van der Waals surface area contributed by atoms with Crippen molar-refractivity contribution in [1.29, 1.82) is 0 Å². The molecule has 1 unspecified atom stereocenters. The zero-order valence-electron chi connectivity index (χ0n) is 18.4. The Balaban J connectivity index is 0.000000234. The smallest absolute Gasteiger partial charge is 0.0727 e. The van der Waals surface area contributed by atoms with Crippen LogP contribution >= 0.6 is 0 Å². The molecule has 1 fully saturated rings. The van der Waals surface area contributed by atoms with Crippen molar-refractivity contribution in [2.45, 2.75) is 32.0 Å². The molecule has 3 aliphatic heterocycles. The van der Waals surface area contributed by atoms with E-state index >= 15 is 0 Å². The zero-order chi connectivity index (χ0) is 21.6. The molecule has 0 amide bonds. The van der Waals surface area contributed by atoms with Gasteiger partial charge in [0, 0.05) is 20.6 Å². The van der Waals surface area contributed by atoms with Crippen molar-refractivity contribution < 1.29 is 20.7 Å². The predicted molar refractivity (Wildman–Crippen MR) is 130 cm³/mol. The monoisotopic (exact) mass is 410 g/mol. The molecule has 30 heavy (non-hydrogen) atoms. The third kappa shape index (κ3) is 7.44. The average molecular weight is 410 g/mol. The van der Waals surface area contributed by atoms with Crippen molar-refractivity contribution in [3.8, 4) is 0 Å². The Morgan fingerprint density at radius 2 is 1.50 bits per heavy atom. The van der Waals surface area contributed by atoms with Gasteiger partial charge in [-0.25, -0.2) is 0 Å². The van der Waals surface area contributed by atoms with Crippen LogP contribution in [-0.4, -0.2) is 53.6 Å². The number of aliphatic hydroxyl groups is 1. The lowest BCUT2D eigenvalue weighted by Gasteiger charge is -2.23. The highest BCUT2D eigenvalue weighted by molar-refractivity contribution is 6.75. The number of hydrogen-bond donors (Lipinski definition) is 1.